The van der Waals surface area contributed by atoms with Crippen LogP contribution in [-0.4, -0.2) is 50.1 Å². The minimum atomic E-state index is 0.832. The van der Waals surface area contributed by atoms with Gasteiger partial charge in [-0.15, -0.1) is 0 Å². The van der Waals surface area contributed by atoms with Gasteiger partial charge in [-0.2, -0.15) is 0 Å². The molecule has 2 fully saturated rings. The highest BCUT2D eigenvalue weighted by molar-refractivity contribution is 4.87. The number of rotatable bonds is 4. The molecule has 2 rings (SSSR count). The molecule has 0 aromatic rings. The van der Waals surface area contributed by atoms with Crippen LogP contribution < -0.4 is 0 Å². The normalized spacial score (nSPS) is 41.7. The quantitative estimate of drug-likeness (QED) is 0.770. The van der Waals surface area contributed by atoms with Crippen LogP contribution >= 0.6 is 0 Å². The van der Waals surface area contributed by atoms with Crippen LogP contribution in [0.2, 0.25) is 0 Å². The Balaban J connectivity index is 1.83. The van der Waals surface area contributed by atoms with E-state index in [1.54, 1.807) is 0 Å². The van der Waals surface area contributed by atoms with Gasteiger partial charge in [0.25, 0.3) is 0 Å². The lowest BCUT2D eigenvalue weighted by Gasteiger charge is -2.42. The SMILES string of the molecule is CC1CC(N(C)C)CCC1CC1CCC(N(C)C)CC1C. The van der Waals surface area contributed by atoms with E-state index in [9.17, 15) is 0 Å². The van der Waals surface area contributed by atoms with Gasteiger partial charge in [-0.1, -0.05) is 13.8 Å². The molecular weight excluding hydrogens is 256 g/mol. The first-order chi connectivity index (χ1) is 9.88. The van der Waals surface area contributed by atoms with Crippen molar-refractivity contribution in [1.29, 1.82) is 0 Å². The predicted octanol–water partition coefficient (Wildman–Crippen LogP) is 4.11. The molecule has 2 heteroatoms. The number of nitrogens with zero attached hydrogens (tertiary/aromatic N) is 2. The Bertz CT molecular complexity index is 283. The van der Waals surface area contributed by atoms with Crippen molar-refractivity contribution in [2.75, 3.05) is 28.2 Å². The van der Waals surface area contributed by atoms with Crippen molar-refractivity contribution in [1.82, 2.24) is 9.80 Å². The van der Waals surface area contributed by atoms with Gasteiger partial charge in [0.15, 0.2) is 0 Å². The van der Waals surface area contributed by atoms with E-state index in [0.717, 1.165) is 35.8 Å². The van der Waals surface area contributed by atoms with Crippen LogP contribution in [0.25, 0.3) is 0 Å². The van der Waals surface area contributed by atoms with Crippen LogP contribution in [0.1, 0.15) is 58.8 Å². The maximum absolute atomic E-state index is 2.51. The third-order valence-electron chi connectivity index (χ3n) is 6.70. The Kier molecular flexibility index (Phi) is 6.14. The predicted molar refractivity (Wildman–Crippen MR) is 92.6 cm³/mol. The fraction of sp³-hybridized carbons (Fsp3) is 1.00. The molecule has 2 aliphatic carbocycles. The van der Waals surface area contributed by atoms with E-state index in [0.29, 0.717) is 0 Å². The van der Waals surface area contributed by atoms with Crippen LogP contribution in [0.15, 0.2) is 0 Å². The molecule has 0 N–H and O–H groups in total. The fourth-order valence-corrected chi connectivity index (χ4v) is 4.89. The molecule has 124 valence electrons. The van der Waals surface area contributed by atoms with Gasteiger partial charge < -0.3 is 9.80 Å². The van der Waals surface area contributed by atoms with E-state index in [1.165, 1.54) is 44.9 Å². The van der Waals surface area contributed by atoms with Crippen molar-refractivity contribution in [2.45, 2.75) is 70.9 Å². The van der Waals surface area contributed by atoms with Gasteiger partial charge in [-0.05, 0) is 96.8 Å². The van der Waals surface area contributed by atoms with Crippen LogP contribution in [0, 0.1) is 23.7 Å². The van der Waals surface area contributed by atoms with E-state index in [-0.39, 0.29) is 0 Å². The van der Waals surface area contributed by atoms with Crippen molar-refractivity contribution in [3.05, 3.63) is 0 Å². The van der Waals surface area contributed by atoms with Crippen molar-refractivity contribution in [3.8, 4) is 0 Å². The maximum atomic E-state index is 2.51. The smallest absolute Gasteiger partial charge is 0.00919 e. The van der Waals surface area contributed by atoms with Gasteiger partial charge in [-0.25, -0.2) is 0 Å². The van der Waals surface area contributed by atoms with Crippen LogP contribution in [0.5, 0.6) is 0 Å². The largest absolute Gasteiger partial charge is 0.306 e. The summed E-state index contributed by atoms with van der Waals surface area (Å²) >= 11 is 0. The van der Waals surface area contributed by atoms with Gasteiger partial charge in [0.1, 0.15) is 0 Å². The summed E-state index contributed by atoms with van der Waals surface area (Å²) in [5.41, 5.74) is 0. The van der Waals surface area contributed by atoms with Crippen LogP contribution in [0.4, 0.5) is 0 Å². The summed E-state index contributed by atoms with van der Waals surface area (Å²) in [5, 5.41) is 0. The average Bonchev–Trinajstić information content (AvgIpc) is 2.42. The molecule has 2 aliphatic rings. The first kappa shape index (κ1) is 17.3. The molecule has 6 atom stereocenters. The molecule has 6 unspecified atom stereocenters. The Morgan fingerprint density at radius 1 is 0.667 bits per heavy atom. The first-order valence-corrected chi connectivity index (χ1v) is 9.21. The lowest BCUT2D eigenvalue weighted by atomic mass is 9.68. The summed E-state index contributed by atoms with van der Waals surface area (Å²) < 4.78 is 0. The van der Waals surface area contributed by atoms with E-state index in [2.05, 4.69) is 51.8 Å². The lowest BCUT2D eigenvalue weighted by molar-refractivity contribution is 0.0861. The lowest BCUT2D eigenvalue weighted by Crippen LogP contribution is -2.39. The van der Waals surface area contributed by atoms with Gasteiger partial charge in [0.2, 0.25) is 0 Å². The molecule has 0 bridgehead atoms. The third kappa shape index (κ3) is 4.45. The van der Waals surface area contributed by atoms with Gasteiger partial charge in [0.05, 0.1) is 0 Å². The summed E-state index contributed by atoms with van der Waals surface area (Å²) in [4.78, 5) is 4.88. The zero-order valence-corrected chi connectivity index (χ0v) is 15.3. The fourth-order valence-electron chi connectivity index (χ4n) is 4.89. The van der Waals surface area contributed by atoms with Crippen molar-refractivity contribution in [2.24, 2.45) is 23.7 Å². The van der Waals surface area contributed by atoms with Crippen molar-refractivity contribution < 1.29 is 0 Å². The van der Waals surface area contributed by atoms with Gasteiger partial charge in [-0.3, -0.25) is 0 Å². The highest BCUT2D eigenvalue weighted by Gasteiger charge is 2.34. The topological polar surface area (TPSA) is 6.48 Å². The molecule has 2 saturated carbocycles. The summed E-state index contributed by atoms with van der Waals surface area (Å²) in [5.74, 6) is 3.82. The standard InChI is InChI=1S/C19H38N2/c1-14-11-18(20(3)4)9-7-16(14)13-17-8-10-19(21(5)6)12-15(17)2/h14-19H,7-13H2,1-6H3. The van der Waals surface area contributed by atoms with E-state index in [1.807, 2.05) is 0 Å². The van der Waals surface area contributed by atoms with Gasteiger partial charge >= 0.3 is 0 Å². The Morgan fingerprint density at radius 3 is 1.33 bits per heavy atom. The molecule has 2 nitrogen and oxygen atoms in total. The highest BCUT2D eigenvalue weighted by atomic mass is 15.1. The molecule has 0 amide bonds. The van der Waals surface area contributed by atoms with Crippen LogP contribution in [0.3, 0.4) is 0 Å². The second-order valence-electron chi connectivity index (χ2n) is 8.57. The average molecular weight is 295 g/mol. The molecule has 0 saturated heterocycles. The van der Waals surface area contributed by atoms with Crippen molar-refractivity contribution >= 4 is 0 Å². The second kappa shape index (κ2) is 7.46. The second-order valence-corrected chi connectivity index (χ2v) is 8.57. The molecule has 0 heterocycles. The van der Waals surface area contributed by atoms with Gasteiger partial charge in [0, 0.05) is 12.1 Å². The zero-order valence-electron chi connectivity index (χ0n) is 15.3. The summed E-state index contributed by atoms with van der Waals surface area (Å²) in [6.45, 7) is 5.02. The molecule has 0 aromatic heterocycles. The van der Waals surface area contributed by atoms with E-state index < -0.39 is 0 Å². The first-order valence-electron chi connectivity index (χ1n) is 9.21. The zero-order chi connectivity index (χ0) is 15.6. The van der Waals surface area contributed by atoms with E-state index >= 15 is 0 Å². The molecule has 0 aliphatic heterocycles. The summed E-state index contributed by atoms with van der Waals surface area (Å²) in [6, 6.07) is 1.66. The summed E-state index contributed by atoms with van der Waals surface area (Å²) in [7, 11) is 9.01. The highest BCUT2D eigenvalue weighted by Crippen LogP contribution is 2.41. The number of hydrogen-bond acceptors (Lipinski definition) is 2. The number of hydrogen-bond donors (Lipinski definition) is 0. The minimum Gasteiger partial charge on any atom is -0.306 e. The Labute approximate surface area is 133 Å². The molecule has 0 radical (unpaired) electrons. The Hall–Kier alpha value is -0.0800. The third-order valence-corrected chi connectivity index (χ3v) is 6.70. The molecule has 0 aromatic carbocycles. The monoisotopic (exact) mass is 294 g/mol. The molecule has 0 spiro atoms. The summed E-state index contributed by atoms with van der Waals surface area (Å²) in [6.07, 6.45) is 10.1. The van der Waals surface area contributed by atoms with E-state index in [4.69, 9.17) is 0 Å². The van der Waals surface area contributed by atoms with Crippen molar-refractivity contribution in [3.63, 3.8) is 0 Å². The Morgan fingerprint density at radius 2 is 1.05 bits per heavy atom. The minimum absolute atomic E-state index is 0.832. The van der Waals surface area contributed by atoms with Crippen LogP contribution in [-0.2, 0) is 0 Å². The molecular formula is C19H38N2. The maximum Gasteiger partial charge on any atom is 0.00919 e. The molecule has 21 heavy (non-hydrogen) atoms.